The molecule has 0 saturated carbocycles. The van der Waals surface area contributed by atoms with Gasteiger partial charge in [0.1, 0.15) is 23.3 Å². The van der Waals surface area contributed by atoms with Gasteiger partial charge in [0.2, 0.25) is 0 Å². The van der Waals surface area contributed by atoms with E-state index in [1.54, 1.807) is 0 Å². The fourth-order valence-corrected chi connectivity index (χ4v) is 1.26. The Hall–Kier alpha value is -2.48. The average Bonchev–Trinajstić information content (AvgIpc) is 2.21. The van der Waals surface area contributed by atoms with Gasteiger partial charge in [-0.2, -0.15) is 23.7 Å². The highest BCUT2D eigenvalue weighted by Crippen LogP contribution is 2.41. The van der Waals surface area contributed by atoms with Crippen molar-refractivity contribution in [3.8, 4) is 12.1 Å². The van der Waals surface area contributed by atoms with Crippen LogP contribution < -0.4 is 11.5 Å². The number of alkyl halides is 3. The molecule has 0 aliphatic rings. The highest BCUT2D eigenvalue weighted by Gasteiger charge is 2.40. The van der Waals surface area contributed by atoms with E-state index >= 15 is 0 Å². The zero-order valence-corrected chi connectivity index (χ0v) is 8.06. The maximum absolute atomic E-state index is 13.4. The molecule has 0 fully saturated rings. The molecule has 0 aliphatic heterocycles. The standard InChI is InChI=1S/C9H4F4N4/c10-6-3(1-14)4(2-15)7(16)8(17)5(6)9(11,12)13/h16-17H2. The molecule has 0 aromatic heterocycles. The molecule has 0 aliphatic carbocycles. The normalized spacial score (nSPS) is 10.7. The van der Waals surface area contributed by atoms with E-state index in [-0.39, 0.29) is 0 Å². The summed E-state index contributed by atoms with van der Waals surface area (Å²) in [6.07, 6.45) is -5.10. The summed E-state index contributed by atoms with van der Waals surface area (Å²) >= 11 is 0. The number of rotatable bonds is 0. The number of anilines is 2. The highest BCUT2D eigenvalue weighted by atomic mass is 19.4. The lowest BCUT2D eigenvalue weighted by atomic mass is 9.99. The highest BCUT2D eigenvalue weighted by molar-refractivity contribution is 5.78. The molecule has 4 N–H and O–H groups in total. The SMILES string of the molecule is N#Cc1c(N)c(N)c(C(F)(F)F)c(F)c1C#N. The summed E-state index contributed by atoms with van der Waals surface area (Å²) in [5.41, 5.74) is 4.76. The number of nitriles is 2. The molecule has 0 saturated heterocycles. The Balaban J connectivity index is 3.88. The van der Waals surface area contributed by atoms with Crippen LogP contribution in [-0.2, 0) is 6.18 Å². The van der Waals surface area contributed by atoms with Crippen molar-refractivity contribution >= 4 is 11.4 Å². The minimum Gasteiger partial charge on any atom is -0.396 e. The van der Waals surface area contributed by atoms with E-state index in [1.165, 1.54) is 6.07 Å². The summed E-state index contributed by atoms with van der Waals surface area (Å²) in [5.74, 6) is -1.89. The number of halogens is 4. The molecule has 0 bridgehead atoms. The minimum absolute atomic E-state index is 0.699. The number of hydrogen-bond acceptors (Lipinski definition) is 4. The first-order chi connectivity index (χ1) is 7.75. The Morgan fingerprint density at radius 1 is 0.941 bits per heavy atom. The number of hydrogen-bond donors (Lipinski definition) is 2. The van der Waals surface area contributed by atoms with Gasteiger partial charge in [0.15, 0.2) is 5.82 Å². The zero-order chi connectivity index (χ0) is 13.4. The first-order valence-corrected chi connectivity index (χ1v) is 4.03. The first-order valence-electron chi connectivity index (χ1n) is 4.03. The number of nitrogen functional groups attached to an aromatic ring is 2. The van der Waals surface area contributed by atoms with E-state index in [0.717, 1.165) is 6.07 Å². The zero-order valence-electron chi connectivity index (χ0n) is 8.06. The van der Waals surface area contributed by atoms with Crippen molar-refractivity contribution in [2.24, 2.45) is 0 Å². The summed E-state index contributed by atoms with van der Waals surface area (Å²) in [4.78, 5) is 0. The van der Waals surface area contributed by atoms with Crippen LogP contribution in [0.5, 0.6) is 0 Å². The van der Waals surface area contributed by atoms with Crippen molar-refractivity contribution in [3.63, 3.8) is 0 Å². The van der Waals surface area contributed by atoms with Crippen LogP contribution in [0, 0.1) is 28.5 Å². The van der Waals surface area contributed by atoms with E-state index in [4.69, 9.17) is 22.0 Å². The lowest BCUT2D eigenvalue weighted by molar-refractivity contribution is -0.139. The first kappa shape index (κ1) is 12.6. The van der Waals surface area contributed by atoms with Gasteiger partial charge in [0.05, 0.1) is 16.9 Å². The summed E-state index contributed by atoms with van der Waals surface area (Å²) in [7, 11) is 0. The molecule has 0 spiro atoms. The van der Waals surface area contributed by atoms with E-state index in [0.29, 0.717) is 0 Å². The Bertz CT molecular complexity index is 563. The summed E-state index contributed by atoms with van der Waals surface area (Å²) < 4.78 is 50.8. The van der Waals surface area contributed by atoms with Crippen molar-refractivity contribution in [2.75, 3.05) is 11.5 Å². The van der Waals surface area contributed by atoms with Gasteiger partial charge in [-0.1, -0.05) is 0 Å². The van der Waals surface area contributed by atoms with Crippen LogP contribution in [-0.4, -0.2) is 0 Å². The average molecular weight is 244 g/mol. The van der Waals surface area contributed by atoms with Crippen molar-refractivity contribution in [2.45, 2.75) is 6.18 Å². The third kappa shape index (κ3) is 1.81. The lowest BCUT2D eigenvalue weighted by Crippen LogP contribution is -2.16. The van der Waals surface area contributed by atoms with Crippen LogP contribution in [0.15, 0.2) is 0 Å². The van der Waals surface area contributed by atoms with Crippen LogP contribution in [0.4, 0.5) is 28.9 Å². The fraction of sp³-hybridized carbons (Fsp3) is 0.111. The van der Waals surface area contributed by atoms with Crippen molar-refractivity contribution in [1.82, 2.24) is 0 Å². The maximum Gasteiger partial charge on any atom is 0.421 e. The van der Waals surface area contributed by atoms with E-state index in [9.17, 15) is 17.6 Å². The van der Waals surface area contributed by atoms with Gasteiger partial charge >= 0.3 is 6.18 Å². The molecule has 1 rings (SSSR count). The predicted octanol–water partition coefficient (Wildman–Crippen LogP) is 1.75. The second kappa shape index (κ2) is 3.83. The summed E-state index contributed by atoms with van der Waals surface area (Å²) in [5, 5.41) is 17.1. The molecule has 8 heteroatoms. The molecule has 0 unspecified atom stereocenters. The third-order valence-corrected chi connectivity index (χ3v) is 2.02. The number of nitrogens with two attached hydrogens (primary N) is 2. The van der Waals surface area contributed by atoms with Crippen LogP contribution in [0.1, 0.15) is 16.7 Å². The van der Waals surface area contributed by atoms with Gasteiger partial charge in [-0.05, 0) is 0 Å². The van der Waals surface area contributed by atoms with Crippen LogP contribution in [0.3, 0.4) is 0 Å². The number of nitrogens with zero attached hydrogens (tertiary/aromatic N) is 2. The second-order valence-corrected chi connectivity index (χ2v) is 2.99. The number of benzene rings is 1. The van der Waals surface area contributed by atoms with Crippen LogP contribution >= 0.6 is 0 Å². The van der Waals surface area contributed by atoms with E-state index in [1.807, 2.05) is 0 Å². The Kier molecular flexibility index (Phi) is 2.84. The Morgan fingerprint density at radius 2 is 1.41 bits per heavy atom. The fourth-order valence-electron chi connectivity index (χ4n) is 1.26. The van der Waals surface area contributed by atoms with E-state index in [2.05, 4.69) is 0 Å². The van der Waals surface area contributed by atoms with Crippen LogP contribution in [0.25, 0.3) is 0 Å². The van der Waals surface area contributed by atoms with Gasteiger partial charge in [-0.3, -0.25) is 0 Å². The molecule has 0 radical (unpaired) electrons. The molecule has 4 nitrogen and oxygen atoms in total. The molecular weight excluding hydrogens is 240 g/mol. The molecule has 1 aromatic rings. The van der Waals surface area contributed by atoms with Gasteiger partial charge in [-0.15, -0.1) is 0 Å². The van der Waals surface area contributed by atoms with Crippen molar-refractivity contribution in [1.29, 1.82) is 10.5 Å². The molecule has 88 valence electrons. The second-order valence-electron chi connectivity index (χ2n) is 2.99. The largest absolute Gasteiger partial charge is 0.421 e. The minimum atomic E-state index is -5.10. The summed E-state index contributed by atoms with van der Waals surface area (Å²) in [6.45, 7) is 0. The van der Waals surface area contributed by atoms with E-state index < -0.39 is 40.1 Å². The smallest absolute Gasteiger partial charge is 0.396 e. The van der Waals surface area contributed by atoms with Crippen LogP contribution in [0.2, 0.25) is 0 Å². The van der Waals surface area contributed by atoms with Gasteiger partial charge in [0.25, 0.3) is 0 Å². The Labute approximate surface area is 92.7 Å². The molecule has 0 atom stereocenters. The molecule has 0 heterocycles. The van der Waals surface area contributed by atoms with Gasteiger partial charge in [-0.25, -0.2) is 4.39 Å². The quantitative estimate of drug-likeness (QED) is 0.536. The molecule has 1 aromatic carbocycles. The molecular formula is C9H4F4N4. The topological polar surface area (TPSA) is 99.6 Å². The third-order valence-electron chi connectivity index (χ3n) is 2.02. The lowest BCUT2D eigenvalue weighted by Gasteiger charge is -2.15. The van der Waals surface area contributed by atoms with Gasteiger partial charge in [0, 0.05) is 0 Å². The van der Waals surface area contributed by atoms with Gasteiger partial charge < -0.3 is 11.5 Å². The predicted molar refractivity (Wildman–Crippen MR) is 49.7 cm³/mol. The van der Waals surface area contributed by atoms with Crippen molar-refractivity contribution in [3.05, 3.63) is 22.5 Å². The Morgan fingerprint density at radius 3 is 1.76 bits per heavy atom. The molecule has 17 heavy (non-hydrogen) atoms. The molecule has 0 amide bonds. The maximum atomic E-state index is 13.4. The van der Waals surface area contributed by atoms with Crippen molar-refractivity contribution < 1.29 is 17.6 Å². The summed E-state index contributed by atoms with van der Waals surface area (Å²) in [6, 6.07) is 2.50. The monoisotopic (exact) mass is 244 g/mol.